The Morgan fingerprint density at radius 1 is 1.32 bits per heavy atom. The van der Waals surface area contributed by atoms with Crippen LogP contribution < -0.4 is 0 Å². The van der Waals surface area contributed by atoms with Crippen molar-refractivity contribution < 1.29 is 13.6 Å². The minimum absolute atomic E-state index is 0.0336. The van der Waals surface area contributed by atoms with Crippen LogP contribution in [0.25, 0.3) is 0 Å². The van der Waals surface area contributed by atoms with Gasteiger partial charge in [0.05, 0.1) is 5.92 Å². The molecule has 0 radical (unpaired) electrons. The van der Waals surface area contributed by atoms with Gasteiger partial charge in [-0.15, -0.1) is 0 Å². The van der Waals surface area contributed by atoms with Crippen molar-refractivity contribution in [2.45, 2.75) is 45.0 Å². The molecule has 0 saturated heterocycles. The standard InChI is InChI=1S/C15H17F2NO/c1-10(11(2)19)13-3-6-15(16,17)14(9-13)12-4-7-18-8-5-12/h4-5,7-8,14H,3,6,9H2,1-2H3/b13-10+/t14-/m1/s1. The van der Waals surface area contributed by atoms with Crippen LogP contribution in [0.4, 0.5) is 8.78 Å². The molecule has 2 nitrogen and oxygen atoms in total. The Labute approximate surface area is 111 Å². The molecule has 0 bridgehead atoms. The van der Waals surface area contributed by atoms with E-state index < -0.39 is 11.8 Å². The first-order valence-corrected chi connectivity index (χ1v) is 6.39. The van der Waals surface area contributed by atoms with Crippen LogP contribution in [0.5, 0.6) is 0 Å². The van der Waals surface area contributed by atoms with E-state index in [2.05, 4.69) is 4.98 Å². The van der Waals surface area contributed by atoms with Crippen molar-refractivity contribution in [1.29, 1.82) is 0 Å². The van der Waals surface area contributed by atoms with Gasteiger partial charge in [-0.2, -0.15) is 0 Å². The molecule has 1 aromatic heterocycles. The topological polar surface area (TPSA) is 30.0 Å². The number of Topliss-reactive ketones (excluding diaryl/α,β-unsaturated/α-hetero) is 1. The second-order valence-corrected chi connectivity index (χ2v) is 5.08. The van der Waals surface area contributed by atoms with Gasteiger partial charge in [-0.1, -0.05) is 5.57 Å². The van der Waals surface area contributed by atoms with E-state index in [-0.39, 0.29) is 18.6 Å². The molecule has 19 heavy (non-hydrogen) atoms. The molecule has 1 aromatic rings. The first kappa shape index (κ1) is 13.8. The lowest BCUT2D eigenvalue weighted by atomic mass is 9.77. The Hall–Kier alpha value is -1.58. The van der Waals surface area contributed by atoms with Gasteiger partial charge in [-0.25, -0.2) is 8.78 Å². The van der Waals surface area contributed by atoms with Gasteiger partial charge < -0.3 is 0 Å². The SMILES string of the molecule is CC(=O)/C(C)=C1\CCC(F)(F)[C@@H](c2ccncc2)C1. The molecule has 0 aromatic carbocycles. The van der Waals surface area contributed by atoms with Crippen LogP contribution in [-0.4, -0.2) is 16.7 Å². The highest BCUT2D eigenvalue weighted by Crippen LogP contribution is 2.47. The zero-order valence-electron chi connectivity index (χ0n) is 11.1. The lowest BCUT2D eigenvalue weighted by Crippen LogP contribution is -2.31. The lowest BCUT2D eigenvalue weighted by molar-refractivity contribution is -0.113. The van der Waals surface area contributed by atoms with Crippen LogP contribution in [0.3, 0.4) is 0 Å². The Bertz CT molecular complexity index is 508. The molecule has 1 fully saturated rings. The molecule has 102 valence electrons. The zero-order valence-corrected chi connectivity index (χ0v) is 11.1. The first-order chi connectivity index (χ1) is 8.92. The highest BCUT2D eigenvalue weighted by atomic mass is 19.3. The number of carbonyl (C=O) groups excluding carboxylic acids is 1. The molecule has 0 spiro atoms. The van der Waals surface area contributed by atoms with Gasteiger partial charge in [-0.3, -0.25) is 9.78 Å². The summed E-state index contributed by atoms with van der Waals surface area (Å²) < 4.78 is 28.1. The molecular weight excluding hydrogens is 248 g/mol. The maximum absolute atomic E-state index is 14.1. The van der Waals surface area contributed by atoms with Crippen LogP contribution >= 0.6 is 0 Å². The maximum atomic E-state index is 14.1. The number of halogens is 2. The molecule has 0 N–H and O–H groups in total. The molecule has 1 saturated carbocycles. The van der Waals surface area contributed by atoms with Gasteiger partial charge in [0, 0.05) is 18.8 Å². The van der Waals surface area contributed by atoms with E-state index in [0.717, 1.165) is 5.57 Å². The predicted molar refractivity (Wildman–Crippen MR) is 69.2 cm³/mol. The largest absolute Gasteiger partial charge is 0.295 e. The molecule has 0 amide bonds. The van der Waals surface area contributed by atoms with Gasteiger partial charge in [0.25, 0.3) is 5.92 Å². The number of pyridine rings is 1. The normalized spacial score (nSPS) is 24.9. The number of allylic oxidation sites excluding steroid dienone is 2. The quantitative estimate of drug-likeness (QED) is 0.759. The van der Waals surface area contributed by atoms with Crippen molar-refractivity contribution in [1.82, 2.24) is 4.98 Å². The van der Waals surface area contributed by atoms with E-state index in [0.29, 0.717) is 17.6 Å². The monoisotopic (exact) mass is 265 g/mol. The van der Waals surface area contributed by atoms with Crippen LogP contribution in [0.1, 0.15) is 44.6 Å². The molecule has 0 aliphatic heterocycles. The molecule has 1 heterocycles. The number of hydrogen-bond acceptors (Lipinski definition) is 2. The van der Waals surface area contributed by atoms with Crippen molar-refractivity contribution in [3.8, 4) is 0 Å². The van der Waals surface area contributed by atoms with Gasteiger partial charge >= 0.3 is 0 Å². The van der Waals surface area contributed by atoms with Gasteiger partial charge in [0.15, 0.2) is 5.78 Å². The third-order valence-electron chi connectivity index (χ3n) is 3.89. The number of nitrogens with zero attached hydrogens (tertiary/aromatic N) is 1. The molecule has 1 aliphatic carbocycles. The van der Waals surface area contributed by atoms with Gasteiger partial charge in [-0.05, 0) is 50.0 Å². The van der Waals surface area contributed by atoms with E-state index in [1.807, 2.05) is 0 Å². The Morgan fingerprint density at radius 3 is 2.53 bits per heavy atom. The van der Waals surface area contributed by atoms with Gasteiger partial charge in [0.1, 0.15) is 0 Å². The van der Waals surface area contributed by atoms with E-state index in [1.165, 1.54) is 19.3 Å². The highest BCUT2D eigenvalue weighted by molar-refractivity contribution is 5.93. The van der Waals surface area contributed by atoms with E-state index in [9.17, 15) is 13.6 Å². The smallest absolute Gasteiger partial charge is 0.255 e. The number of rotatable bonds is 2. The number of ketones is 1. The van der Waals surface area contributed by atoms with Crippen molar-refractivity contribution in [2.75, 3.05) is 0 Å². The summed E-state index contributed by atoms with van der Waals surface area (Å²) in [6.07, 6.45) is 3.42. The fourth-order valence-electron chi connectivity index (χ4n) is 2.54. The molecule has 1 atom stereocenters. The lowest BCUT2D eigenvalue weighted by Gasteiger charge is -2.33. The molecule has 1 aliphatic rings. The number of carbonyl (C=O) groups is 1. The van der Waals surface area contributed by atoms with Crippen LogP contribution in [0.15, 0.2) is 35.7 Å². The van der Waals surface area contributed by atoms with E-state index in [1.54, 1.807) is 19.1 Å². The van der Waals surface area contributed by atoms with Crippen molar-refractivity contribution in [2.24, 2.45) is 0 Å². The summed E-state index contributed by atoms with van der Waals surface area (Å²) in [5.74, 6) is -3.61. The summed E-state index contributed by atoms with van der Waals surface area (Å²) in [5, 5.41) is 0. The summed E-state index contributed by atoms with van der Waals surface area (Å²) in [5.41, 5.74) is 2.09. The zero-order chi connectivity index (χ0) is 14.0. The number of alkyl halides is 2. The molecular formula is C15H17F2NO. The summed E-state index contributed by atoms with van der Waals surface area (Å²) in [6, 6.07) is 3.26. The van der Waals surface area contributed by atoms with Gasteiger partial charge in [0.2, 0.25) is 0 Å². The Morgan fingerprint density at radius 2 is 1.95 bits per heavy atom. The van der Waals surface area contributed by atoms with Crippen LogP contribution in [-0.2, 0) is 4.79 Å². The summed E-state index contributed by atoms with van der Waals surface area (Å²) in [4.78, 5) is 15.3. The second-order valence-electron chi connectivity index (χ2n) is 5.08. The predicted octanol–water partition coefficient (Wildman–Crippen LogP) is 3.89. The first-order valence-electron chi connectivity index (χ1n) is 6.39. The van der Waals surface area contributed by atoms with E-state index in [4.69, 9.17) is 0 Å². The average molecular weight is 265 g/mol. The fraction of sp³-hybridized carbons (Fsp3) is 0.467. The van der Waals surface area contributed by atoms with Crippen molar-refractivity contribution >= 4 is 5.78 Å². The van der Waals surface area contributed by atoms with Crippen molar-refractivity contribution in [3.63, 3.8) is 0 Å². The van der Waals surface area contributed by atoms with E-state index >= 15 is 0 Å². The maximum Gasteiger partial charge on any atom is 0.255 e. The Balaban J connectivity index is 2.34. The van der Waals surface area contributed by atoms with Crippen LogP contribution in [0.2, 0.25) is 0 Å². The number of hydrogen-bond donors (Lipinski definition) is 0. The minimum Gasteiger partial charge on any atom is -0.295 e. The second kappa shape index (κ2) is 5.19. The minimum atomic E-state index is -2.72. The van der Waals surface area contributed by atoms with Crippen molar-refractivity contribution in [3.05, 3.63) is 41.2 Å². The highest BCUT2D eigenvalue weighted by Gasteiger charge is 2.44. The molecule has 2 rings (SSSR count). The summed E-state index contributed by atoms with van der Waals surface area (Å²) >= 11 is 0. The average Bonchev–Trinajstić information content (AvgIpc) is 2.38. The Kier molecular flexibility index (Phi) is 3.78. The number of aromatic nitrogens is 1. The third-order valence-corrected chi connectivity index (χ3v) is 3.89. The third kappa shape index (κ3) is 2.88. The van der Waals surface area contributed by atoms with Crippen LogP contribution in [0, 0.1) is 0 Å². The fourth-order valence-corrected chi connectivity index (χ4v) is 2.54. The summed E-state index contributed by atoms with van der Waals surface area (Å²) in [7, 11) is 0. The summed E-state index contributed by atoms with van der Waals surface area (Å²) in [6.45, 7) is 3.21. The molecule has 0 unspecified atom stereocenters. The molecule has 4 heteroatoms.